The Hall–Kier alpha value is -2.11. The zero-order valence-electron chi connectivity index (χ0n) is 16.5. The third kappa shape index (κ3) is 4.57. The molecule has 0 bridgehead atoms. The molecular formula is C24H26BrNO2S. The van der Waals surface area contributed by atoms with Gasteiger partial charge < -0.3 is 15.1 Å². The van der Waals surface area contributed by atoms with Crippen LogP contribution in [0.15, 0.2) is 70.5 Å². The van der Waals surface area contributed by atoms with E-state index in [2.05, 4.69) is 36.1 Å². The summed E-state index contributed by atoms with van der Waals surface area (Å²) in [4.78, 5) is 4.28. The number of phenols is 2. The molecule has 0 fully saturated rings. The van der Waals surface area contributed by atoms with Gasteiger partial charge in [0.05, 0.1) is 4.90 Å². The maximum Gasteiger partial charge on any atom is 0.171 e. The summed E-state index contributed by atoms with van der Waals surface area (Å²) in [5.74, 6) is -0.0328. The highest BCUT2D eigenvalue weighted by Gasteiger charge is 2.23. The fourth-order valence-corrected chi connectivity index (χ4v) is 5.00. The van der Waals surface area contributed by atoms with Crippen LogP contribution in [0.25, 0.3) is 0 Å². The number of anilines is 1. The molecule has 3 aromatic rings. The summed E-state index contributed by atoms with van der Waals surface area (Å²) in [5, 5.41) is 20.9. The summed E-state index contributed by atoms with van der Waals surface area (Å²) in [5.41, 5.74) is 4.94. The van der Waals surface area contributed by atoms with E-state index in [4.69, 9.17) is 0 Å². The lowest BCUT2D eigenvalue weighted by Crippen LogP contribution is -2.26. The largest absolute Gasteiger partial charge is 0.504 e. The number of fused-ring (bicyclic) bond motifs is 1. The van der Waals surface area contributed by atoms with E-state index in [0.717, 1.165) is 53.3 Å². The second-order valence-electron chi connectivity index (χ2n) is 7.10. The lowest BCUT2D eigenvalue weighted by molar-refractivity contribution is 0.393. The molecule has 3 nitrogen and oxygen atoms in total. The molecule has 0 aromatic heterocycles. The third-order valence-electron chi connectivity index (χ3n) is 5.39. The molecule has 0 saturated heterocycles. The van der Waals surface area contributed by atoms with Gasteiger partial charge in [0.25, 0.3) is 0 Å². The summed E-state index contributed by atoms with van der Waals surface area (Å²) >= 11 is 1.53. The van der Waals surface area contributed by atoms with Crippen molar-refractivity contribution in [3.63, 3.8) is 0 Å². The number of aryl methyl sites for hydroxylation is 1. The lowest BCUT2D eigenvalue weighted by Gasteiger charge is -2.25. The van der Waals surface area contributed by atoms with Crippen molar-refractivity contribution in [3.05, 3.63) is 77.4 Å². The monoisotopic (exact) mass is 471 g/mol. The molecule has 152 valence electrons. The van der Waals surface area contributed by atoms with E-state index in [1.165, 1.54) is 23.0 Å². The molecule has 0 aliphatic carbocycles. The molecule has 0 radical (unpaired) electrons. The summed E-state index contributed by atoms with van der Waals surface area (Å²) in [7, 11) is 0. The van der Waals surface area contributed by atoms with Crippen LogP contribution in [0.4, 0.5) is 5.69 Å². The van der Waals surface area contributed by atoms with Crippen molar-refractivity contribution in [2.75, 3.05) is 18.0 Å². The van der Waals surface area contributed by atoms with Crippen LogP contribution in [-0.2, 0) is 19.3 Å². The Morgan fingerprint density at radius 2 is 1.62 bits per heavy atom. The highest BCUT2D eigenvalue weighted by molar-refractivity contribution is 8.93. The first-order chi connectivity index (χ1) is 13.7. The van der Waals surface area contributed by atoms with Crippen molar-refractivity contribution in [1.29, 1.82) is 0 Å². The van der Waals surface area contributed by atoms with Gasteiger partial charge in [-0.05, 0) is 60.2 Å². The number of para-hydroxylation sites is 1. The van der Waals surface area contributed by atoms with Gasteiger partial charge in [-0.1, -0.05) is 55.1 Å². The van der Waals surface area contributed by atoms with Crippen molar-refractivity contribution >= 4 is 34.4 Å². The number of rotatable bonds is 4. The molecule has 5 heteroatoms. The van der Waals surface area contributed by atoms with Gasteiger partial charge in [-0.3, -0.25) is 0 Å². The molecule has 1 aliphatic rings. The van der Waals surface area contributed by atoms with Crippen molar-refractivity contribution in [1.82, 2.24) is 0 Å². The lowest BCUT2D eigenvalue weighted by atomic mass is 10.0. The van der Waals surface area contributed by atoms with Gasteiger partial charge in [0.2, 0.25) is 0 Å². The second kappa shape index (κ2) is 9.59. The van der Waals surface area contributed by atoms with Gasteiger partial charge in [0.15, 0.2) is 11.5 Å². The van der Waals surface area contributed by atoms with Crippen molar-refractivity contribution in [3.8, 4) is 11.5 Å². The molecule has 4 rings (SSSR count). The average molecular weight is 472 g/mol. The predicted molar refractivity (Wildman–Crippen MR) is 126 cm³/mol. The first kappa shape index (κ1) is 21.6. The third-order valence-corrected chi connectivity index (χ3v) is 6.54. The van der Waals surface area contributed by atoms with Gasteiger partial charge in [0.1, 0.15) is 0 Å². The molecule has 2 N–H and O–H groups in total. The van der Waals surface area contributed by atoms with Crippen LogP contribution in [0.5, 0.6) is 11.5 Å². The summed E-state index contributed by atoms with van der Waals surface area (Å²) in [6.07, 6.45) is 2.70. The number of halogens is 1. The Morgan fingerprint density at radius 3 is 2.38 bits per heavy atom. The Morgan fingerprint density at radius 1 is 0.931 bits per heavy atom. The summed E-state index contributed by atoms with van der Waals surface area (Å²) in [6, 6.07) is 20.4. The number of hydrogen-bond acceptors (Lipinski definition) is 4. The smallest absolute Gasteiger partial charge is 0.171 e. The molecule has 0 amide bonds. The first-order valence-electron chi connectivity index (χ1n) is 9.79. The Labute approximate surface area is 187 Å². The molecule has 0 unspecified atom stereocenters. The molecule has 0 spiro atoms. The van der Waals surface area contributed by atoms with Crippen LogP contribution in [0, 0.1) is 0 Å². The van der Waals surface area contributed by atoms with E-state index in [0.29, 0.717) is 0 Å². The summed E-state index contributed by atoms with van der Waals surface area (Å²) < 4.78 is 0. The Kier molecular flexibility index (Phi) is 7.14. The van der Waals surface area contributed by atoms with Crippen LogP contribution in [0.2, 0.25) is 0 Å². The molecule has 0 saturated carbocycles. The van der Waals surface area contributed by atoms with Gasteiger partial charge in [-0.2, -0.15) is 0 Å². The second-order valence-corrected chi connectivity index (χ2v) is 8.18. The Bertz CT molecular complexity index is 978. The number of hydrogen-bond donors (Lipinski definition) is 2. The maximum absolute atomic E-state index is 10.6. The molecule has 1 heterocycles. The highest BCUT2D eigenvalue weighted by Crippen LogP contribution is 2.44. The van der Waals surface area contributed by atoms with Gasteiger partial charge in [-0.25, -0.2) is 0 Å². The van der Waals surface area contributed by atoms with E-state index in [1.54, 1.807) is 6.07 Å². The summed E-state index contributed by atoms with van der Waals surface area (Å²) in [6.45, 7) is 4.00. The van der Waals surface area contributed by atoms with Crippen LogP contribution in [0.3, 0.4) is 0 Å². The number of aromatic hydroxyl groups is 2. The van der Waals surface area contributed by atoms with E-state index >= 15 is 0 Å². The molecule has 1 aliphatic heterocycles. The van der Waals surface area contributed by atoms with Gasteiger partial charge in [-0.15, -0.1) is 17.0 Å². The fraction of sp³-hybridized carbons (Fsp3) is 0.250. The van der Waals surface area contributed by atoms with E-state index in [1.807, 2.05) is 30.3 Å². The van der Waals surface area contributed by atoms with Crippen LogP contribution >= 0.6 is 28.7 Å². The van der Waals surface area contributed by atoms with Gasteiger partial charge in [0, 0.05) is 23.7 Å². The van der Waals surface area contributed by atoms with Crippen molar-refractivity contribution in [2.45, 2.75) is 36.0 Å². The van der Waals surface area contributed by atoms with E-state index < -0.39 is 0 Å². The zero-order chi connectivity index (χ0) is 19.5. The number of nitrogens with zero attached hydrogens (tertiary/aromatic N) is 1. The zero-order valence-corrected chi connectivity index (χ0v) is 19.0. The predicted octanol–water partition coefficient (Wildman–Crippen LogP) is 5.99. The number of benzene rings is 3. The molecule has 3 aromatic carbocycles. The standard InChI is InChI=1S/C24H25NO2S.BrH/c1-2-17-8-6-7-11-21(17)25-14-12-18-16-22(26)23(27)24(20(18)13-15-25)28-19-9-4-3-5-10-19;/h3-11,16,26-27H,2,12-15H2,1H3;1H. The molecular weight excluding hydrogens is 446 g/mol. The topological polar surface area (TPSA) is 43.7 Å². The van der Waals surface area contributed by atoms with Crippen molar-refractivity contribution < 1.29 is 10.2 Å². The molecule has 29 heavy (non-hydrogen) atoms. The minimum atomic E-state index is -0.0282. The van der Waals surface area contributed by atoms with E-state index in [-0.39, 0.29) is 28.5 Å². The van der Waals surface area contributed by atoms with Crippen LogP contribution in [-0.4, -0.2) is 23.3 Å². The SMILES string of the molecule is Br.CCc1ccccc1N1CCc2cc(O)c(O)c(Sc3ccccc3)c2CC1. The van der Waals surface area contributed by atoms with Crippen molar-refractivity contribution in [2.24, 2.45) is 0 Å². The minimum Gasteiger partial charge on any atom is -0.504 e. The normalized spacial score (nSPS) is 13.3. The van der Waals surface area contributed by atoms with Crippen LogP contribution < -0.4 is 4.90 Å². The fourth-order valence-electron chi connectivity index (χ4n) is 3.91. The Balaban J connectivity index is 0.00000240. The first-order valence-corrected chi connectivity index (χ1v) is 10.6. The quantitative estimate of drug-likeness (QED) is 0.458. The highest BCUT2D eigenvalue weighted by atomic mass is 79.9. The minimum absolute atomic E-state index is 0. The number of phenolic OH excluding ortho intramolecular Hbond substituents is 2. The maximum atomic E-state index is 10.6. The van der Waals surface area contributed by atoms with E-state index in [9.17, 15) is 10.2 Å². The molecule has 0 atom stereocenters. The average Bonchev–Trinajstić information content (AvgIpc) is 2.94. The van der Waals surface area contributed by atoms with Gasteiger partial charge >= 0.3 is 0 Å². The van der Waals surface area contributed by atoms with Crippen LogP contribution in [0.1, 0.15) is 23.6 Å².